The first-order valence-electron chi connectivity index (χ1n) is 15.5. The van der Waals surface area contributed by atoms with Gasteiger partial charge in [-0.25, -0.2) is 9.97 Å². The number of para-hydroxylation sites is 2. The van der Waals surface area contributed by atoms with Crippen LogP contribution >= 0.6 is 0 Å². The number of nitrogens with two attached hydrogens (primary N) is 1. The van der Waals surface area contributed by atoms with E-state index >= 15 is 0 Å². The Morgan fingerprint density at radius 2 is 1.40 bits per heavy atom. The van der Waals surface area contributed by atoms with Gasteiger partial charge in [0, 0.05) is 30.9 Å². The van der Waals surface area contributed by atoms with E-state index in [-0.39, 0.29) is 17.0 Å². The minimum Gasteiger partial charge on any atom is -0.493 e. The molecule has 1 aromatic heterocycles. The minimum absolute atomic E-state index is 0.0598. The standard InChI is InChI=1S/C37H37N5O6/c1-45-30-17-23-14-16-42(21-24(23)18-31(30)46-2)15-13-22-9-11-25(12-10-22)39-37(44)27-20-33(48-4)32(47-3)19-26(27)34-35(36(38)43)41-29-8-6-5-7-28(29)40-34/h5-12,17-20H,13-16,21H2,1-4H3,(H2,38,43)(H,39,44). The molecule has 2 amide bonds. The van der Waals surface area contributed by atoms with Gasteiger partial charge in [0.15, 0.2) is 28.7 Å². The first-order chi connectivity index (χ1) is 23.3. The van der Waals surface area contributed by atoms with Crippen LogP contribution in [0.5, 0.6) is 23.0 Å². The monoisotopic (exact) mass is 647 g/mol. The van der Waals surface area contributed by atoms with Gasteiger partial charge in [-0.15, -0.1) is 0 Å². The first-order valence-corrected chi connectivity index (χ1v) is 15.5. The number of benzene rings is 4. The molecule has 2 heterocycles. The van der Waals surface area contributed by atoms with Crippen LogP contribution in [0.15, 0.2) is 72.8 Å². The lowest BCUT2D eigenvalue weighted by atomic mass is 9.98. The van der Waals surface area contributed by atoms with E-state index in [1.807, 2.05) is 30.3 Å². The van der Waals surface area contributed by atoms with Crippen LogP contribution in [0.2, 0.25) is 0 Å². The van der Waals surface area contributed by atoms with Crippen LogP contribution in [0.25, 0.3) is 22.3 Å². The summed E-state index contributed by atoms with van der Waals surface area (Å²) in [5.41, 5.74) is 11.7. The zero-order chi connectivity index (χ0) is 33.8. The van der Waals surface area contributed by atoms with E-state index in [0.717, 1.165) is 49.5 Å². The third-order valence-electron chi connectivity index (χ3n) is 8.55. The molecular weight excluding hydrogens is 610 g/mol. The van der Waals surface area contributed by atoms with Gasteiger partial charge in [-0.2, -0.15) is 0 Å². The van der Waals surface area contributed by atoms with Gasteiger partial charge in [0.05, 0.1) is 45.0 Å². The molecule has 1 aliphatic heterocycles. The van der Waals surface area contributed by atoms with E-state index in [1.165, 1.54) is 25.3 Å². The first kappa shape index (κ1) is 32.3. The molecule has 11 heteroatoms. The highest BCUT2D eigenvalue weighted by Gasteiger charge is 2.25. The molecule has 0 saturated carbocycles. The fraction of sp³-hybridized carbons (Fsp3) is 0.243. The maximum atomic E-state index is 13.8. The normalized spacial score (nSPS) is 12.7. The van der Waals surface area contributed by atoms with Crippen LogP contribution in [-0.2, 0) is 19.4 Å². The van der Waals surface area contributed by atoms with E-state index in [4.69, 9.17) is 29.7 Å². The number of carbonyl (C=O) groups excluding carboxylic acids is 2. The van der Waals surface area contributed by atoms with Gasteiger partial charge in [0.25, 0.3) is 11.8 Å². The Hall–Kier alpha value is -5.68. The van der Waals surface area contributed by atoms with Crippen molar-refractivity contribution in [2.45, 2.75) is 19.4 Å². The summed E-state index contributed by atoms with van der Waals surface area (Å²) in [5, 5.41) is 2.97. The average molecular weight is 648 g/mol. The number of nitrogens with one attached hydrogen (secondary N) is 1. The molecule has 0 spiro atoms. The molecule has 3 N–H and O–H groups in total. The highest BCUT2D eigenvalue weighted by Crippen LogP contribution is 2.37. The van der Waals surface area contributed by atoms with Gasteiger partial charge >= 0.3 is 0 Å². The van der Waals surface area contributed by atoms with Crippen molar-refractivity contribution in [3.63, 3.8) is 0 Å². The Morgan fingerprint density at radius 3 is 2.04 bits per heavy atom. The second-order valence-corrected chi connectivity index (χ2v) is 11.4. The number of hydrogen-bond acceptors (Lipinski definition) is 9. The summed E-state index contributed by atoms with van der Waals surface area (Å²) in [4.78, 5) is 37.9. The third kappa shape index (κ3) is 6.58. The van der Waals surface area contributed by atoms with Crippen molar-refractivity contribution >= 4 is 28.5 Å². The summed E-state index contributed by atoms with van der Waals surface area (Å²) in [7, 11) is 6.29. The van der Waals surface area contributed by atoms with Gasteiger partial charge < -0.3 is 30.0 Å². The lowest BCUT2D eigenvalue weighted by Crippen LogP contribution is -2.32. The summed E-state index contributed by atoms with van der Waals surface area (Å²) >= 11 is 0. The molecular formula is C37H37N5O6. The maximum absolute atomic E-state index is 13.8. The van der Waals surface area contributed by atoms with Crippen molar-refractivity contribution in [3.8, 4) is 34.3 Å². The van der Waals surface area contributed by atoms with Crippen molar-refractivity contribution in [1.82, 2.24) is 14.9 Å². The van der Waals surface area contributed by atoms with Crippen molar-refractivity contribution in [1.29, 1.82) is 0 Å². The number of ether oxygens (including phenoxy) is 4. The fourth-order valence-corrected chi connectivity index (χ4v) is 6.00. The number of amides is 2. The van der Waals surface area contributed by atoms with E-state index < -0.39 is 11.8 Å². The van der Waals surface area contributed by atoms with Crippen molar-refractivity contribution < 1.29 is 28.5 Å². The number of carbonyl (C=O) groups is 2. The number of rotatable bonds is 11. The third-order valence-corrected chi connectivity index (χ3v) is 8.55. The highest BCUT2D eigenvalue weighted by molar-refractivity contribution is 6.11. The number of aromatic nitrogens is 2. The van der Waals surface area contributed by atoms with Crippen LogP contribution in [0.4, 0.5) is 5.69 Å². The molecule has 11 nitrogen and oxygen atoms in total. The van der Waals surface area contributed by atoms with E-state index in [0.29, 0.717) is 33.8 Å². The largest absolute Gasteiger partial charge is 0.493 e. The molecule has 246 valence electrons. The van der Waals surface area contributed by atoms with Crippen LogP contribution in [0.1, 0.15) is 37.5 Å². The zero-order valence-corrected chi connectivity index (χ0v) is 27.3. The van der Waals surface area contributed by atoms with E-state index in [1.54, 1.807) is 44.6 Å². The second kappa shape index (κ2) is 14.0. The smallest absolute Gasteiger partial charge is 0.269 e. The van der Waals surface area contributed by atoms with Gasteiger partial charge in [-0.1, -0.05) is 24.3 Å². The Morgan fingerprint density at radius 1 is 0.792 bits per heavy atom. The molecule has 4 aromatic carbocycles. The van der Waals surface area contributed by atoms with Crippen molar-refractivity contribution in [2.75, 3.05) is 46.8 Å². The van der Waals surface area contributed by atoms with Gasteiger partial charge in [-0.05, 0) is 78.1 Å². The second-order valence-electron chi connectivity index (χ2n) is 11.4. The van der Waals surface area contributed by atoms with Gasteiger partial charge in [0.1, 0.15) is 5.69 Å². The molecule has 5 aromatic rings. The van der Waals surface area contributed by atoms with Crippen molar-refractivity contribution in [2.24, 2.45) is 5.73 Å². The van der Waals surface area contributed by atoms with Crippen LogP contribution < -0.4 is 30.0 Å². The summed E-state index contributed by atoms with van der Waals surface area (Å²) < 4.78 is 22.0. The van der Waals surface area contributed by atoms with E-state index in [9.17, 15) is 9.59 Å². The maximum Gasteiger partial charge on any atom is 0.269 e. The minimum atomic E-state index is -0.770. The molecule has 0 radical (unpaired) electrons. The number of primary amides is 1. The Kier molecular flexibility index (Phi) is 9.40. The molecule has 0 atom stereocenters. The molecule has 1 aliphatic rings. The summed E-state index contributed by atoms with van der Waals surface area (Å²) in [6.45, 7) is 2.70. The Balaban J connectivity index is 1.20. The highest BCUT2D eigenvalue weighted by atomic mass is 16.5. The Labute approximate surface area is 278 Å². The summed E-state index contributed by atoms with van der Waals surface area (Å²) in [6, 6.07) is 22.2. The van der Waals surface area contributed by atoms with Crippen LogP contribution in [0.3, 0.4) is 0 Å². The predicted molar refractivity (Wildman–Crippen MR) is 183 cm³/mol. The van der Waals surface area contributed by atoms with Crippen LogP contribution in [-0.4, -0.2) is 68.2 Å². The predicted octanol–water partition coefficient (Wildman–Crippen LogP) is 5.28. The SMILES string of the molecule is COc1cc2c(cc1OC)CN(CCc1ccc(NC(=O)c3cc(OC)c(OC)cc3-c3nc4ccccc4nc3C(N)=O)cc1)CC2. The number of anilines is 1. The number of fused-ring (bicyclic) bond motifs is 2. The van der Waals surface area contributed by atoms with Gasteiger partial charge in [0.2, 0.25) is 0 Å². The summed E-state index contributed by atoms with van der Waals surface area (Å²) in [5.74, 6) is 1.01. The molecule has 6 rings (SSSR count). The number of hydrogen-bond donors (Lipinski definition) is 2. The molecule has 48 heavy (non-hydrogen) atoms. The van der Waals surface area contributed by atoms with Crippen LogP contribution in [0, 0.1) is 0 Å². The van der Waals surface area contributed by atoms with Crippen molar-refractivity contribution in [3.05, 3.63) is 101 Å². The van der Waals surface area contributed by atoms with Gasteiger partial charge in [-0.3, -0.25) is 14.5 Å². The molecule has 0 saturated heterocycles. The molecule has 0 unspecified atom stereocenters. The lowest BCUT2D eigenvalue weighted by Gasteiger charge is -2.29. The zero-order valence-electron chi connectivity index (χ0n) is 27.3. The summed E-state index contributed by atoms with van der Waals surface area (Å²) in [6.07, 6.45) is 1.80. The fourth-order valence-electron chi connectivity index (χ4n) is 6.00. The number of methoxy groups -OCH3 is 4. The average Bonchev–Trinajstić information content (AvgIpc) is 3.12. The lowest BCUT2D eigenvalue weighted by molar-refractivity contribution is 0.0993. The molecule has 0 fully saturated rings. The topological polar surface area (TPSA) is 138 Å². The quantitative estimate of drug-likeness (QED) is 0.196. The Bertz CT molecular complexity index is 2000. The number of nitrogens with zero attached hydrogens (tertiary/aromatic N) is 3. The molecule has 0 bridgehead atoms. The molecule has 0 aliphatic carbocycles. The van der Waals surface area contributed by atoms with E-state index in [2.05, 4.69) is 27.3 Å².